The molecule has 4 rings (SSSR count). The van der Waals surface area contributed by atoms with Gasteiger partial charge in [0.1, 0.15) is 5.15 Å². The van der Waals surface area contributed by atoms with Crippen molar-refractivity contribution >= 4 is 34.8 Å². The minimum atomic E-state index is -0.351. The summed E-state index contributed by atoms with van der Waals surface area (Å²) in [5.74, 6) is 0.240. The number of hydrogen-bond donors (Lipinski definition) is 1. The Morgan fingerprint density at radius 3 is 2.67 bits per heavy atom. The highest BCUT2D eigenvalue weighted by molar-refractivity contribution is 6.34. The first-order valence-corrected chi connectivity index (χ1v) is 9.80. The molecule has 0 aliphatic heterocycles. The summed E-state index contributed by atoms with van der Waals surface area (Å²) < 4.78 is 3.12. The van der Waals surface area contributed by atoms with Crippen LogP contribution in [-0.4, -0.2) is 35.9 Å². The van der Waals surface area contributed by atoms with E-state index in [1.807, 2.05) is 30.3 Å². The van der Waals surface area contributed by atoms with Crippen LogP contribution in [0.5, 0.6) is 0 Å². The molecule has 0 aliphatic carbocycles. The average Bonchev–Trinajstić information content (AvgIpc) is 3.26. The fourth-order valence-corrected chi connectivity index (χ4v) is 3.62. The van der Waals surface area contributed by atoms with Crippen molar-refractivity contribution in [2.75, 3.05) is 5.32 Å². The number of carbonyl (C=O) groups excluding carboxylic acids is 1. The van der Waals surface area contributed by atoms with Crippen molar-refractivity contribution in [2.45, 2.75) is 13.5 Å². The van der Waals surface area contributed by atoms with Gasteiger partial charge in [0.15, 0.2) is 5.82 Å². The second-order valence-electron chi connectivity index (χ2n) is 6.66. The van der Waals surface area contributed by atoms with Crippen molar-refractivity contribution in [3.05, 3.63) is 75.5 Å². The zero-order valence-corrected chi connectivity index (χ0v) is 17.7. The zero-order valence-electron chi connectivity index (χ0n) is 16.2. The predicted octanol–water partition coefficient (Wildman–Crippen LogP) is 3.99. The van der Waals surface area contributed by atoms with E-state index >= 15 is 0 Å². The molecule has 8 nitrogen and oxygen atoms in total. The Labute approximate surface area is 182 Å². The summed E-state index contributed by atoms with van der Waals surface area (Å²) in [5, 5.41) is 19.6. The molecule has 0 saturated heterocycles. The van der Waals surface area contributed by atoms with Crippen LogP contribution in [0.2, 0.25) is 10.2 Å². The van der Waals surface area contributed by atoms with Crippen LogP contribution >= 0.6 is 23.2 Å². The molecule has 0 unspecified atom stereocenters. The Hall–Kier alpha value is -3.23. The molecule has 2 aromatic carbocycles. The van der Waals surface area contributed by atoms with Gasteiger partial charge in [-0.25, -0.2) is 9.36 Å². The van der Waals surface area contributed by atoms with Crippen molar-refractivity contribution in [1.29, 1.82) is 0 Å². The number of aryl methyl sites for hydroxylation is 2. The standard InChI is InChI=1S/C20H17Cl2N7O/c1-12-17(18(22)29(25-12)11-14-6-3-4-9-16(14)21)20(30)23-15-8-5-7-13(10-15)19-24-26-27-28(19)2/h3-10H,11H2,1-2H3,(H,23,30). The number of tetrazole rings is 1. The van der Waals surface area contributed by atoms with Crippen LogP contribution in [0.4, 0.5) is 5.69 Å². The molecule has 0 aliphatic rings. The van der Waals surface area contributed by atoms with E-state index in [1.165, 1.54) is 0 Å². The van der Waals surface area contributed by atoms with E-state index in [2.05, 4.69) is 25.9 Å². The quantitative estimate of drug-likeness (QED) is 0.505. The number of benzene rings is 2. The van der Waals surface area contributed by atoms with E-state index in [-0.39, 0.29) is 11.1 Å². The maximum absolute atomic E-state index is 12.9. The maximum Gasteiger partial charge on any atom is 0.260 e. The minimum Gasteiger partial charge on any atom is -0.322 e. The summed E-state index contributed by atoms with van der Waals surface area (Å²) in [6.45, 7) is 2.10. The molecule has 0 atom stereocenters. The van der Waals surface area contributed by atoms with Crippen LogP contribution < -0.4 is 5.32 Å². The summed E-state index contributed by atoms with van der Waals surface area (Å²) >= 11 is 12.7. The molecule has 152 valence electrons. The molecular formula is C20H17Cl2N7O. The van der Waals surface area contributed by atoms with Gasteiger partial charge in [0.05, 0.1) is 17.8 Å². The molecule has 30 heavy (non-hydrogen) atoms. The van der Waals surface area contributed by atoms with Gasteiger partial charge in [-0.15, -0.1) is 5.10 Å². The lowest BCUT2D eigenvalue weighted by molar-refractivity contribution is 0.102. The summed E-state index contributed by atoms with van der Waals surface area (Å²) in [6, 6.07) is 14.7. The first kappa shape index (κ1) is 20.1. The van der Waals surface area contributed by atoms with Crippen molar-refractivity contribution in [3.63, 3.8) is 0 Å². The number of amides is 1. The van der Waals surface area contributed by atoms with E-state index in [0.29, 0.717) is 34.3 Å². The number of carbonyl (C=O) groups is 1. The SMILES string of the molecule is Cc1nn(Cc2ccccc2Cl)c(Cl)c1C(=O)Nc1cccc(-c2nnnn2C)c1. The number of aromatic nitrogens is 6. The lowest BCUT2D eigenvalue weighted by Gasteiger charge is -2.08. The Morgan fingerprint density at radius 1 is 1.13 bits per heavy atom. The fourth-order valence-electron chi connectivity index (χ4n) is 3.11. The normalized spacial score (nSPS) is 10.9. The van der Waals surface area contributed by atoms with Crippen LogP contribution in [0, 0.1) is 6.92 Å². The maximum atomic E-state index is 12.9. The smallest absolute Gasteiger partial charge is 0.260 e. The minimum absolute atomic E-state index is 0.249. The lowest BCUT2D eigenvalue weighted by Crippen LogP contribution is -2.13. The van der Waals surface area contributed by atoms with Crippen LogP contribution in [-0.2, 0) is 13.6 Å². The van der Waals surface area contributed by atoms with Gasteiger partial charge < -0.3 is 5.32 Å². The molecular weight excluding hydrogens is 425 g/mol. The van der Waals surface area contributed by atoms with Crippen molar-refractivity contribution < 1.29 is 4.79 Å². The van der Waals surface area contributed by atoms with Crippen molar-refractivity contribution in [3.8, 4) is 11.4 Å². The Kier molecular flexibility index (Phi) is 5.52. The van der Waals surface area contributed by atoms with Crippen molar-refractivity contribution in [1.82, 2.24) is 30.0 Å². The topological polar surface area (TPSA) is 90.5 Å². The van der Waals surface area contributed by atoms with E-state index in [1.54, 1.807) is 41.5 Å². The molecule has 0 saturated carbocycles. The summed E-state index contributed by atoms with van der Waals surface area (Å²) in [7, 11) is 1.75. The van der Waals surface area contributed by atoms with Gasteiger partial charge in [-0.1, -0.05) is 53.5 Å². The van der Waals surface area contributed by atoms with Crippen LogP contribution in [0.1, 0.15) is 21.6 Å². The lowest BCUT2D eigenvalue weighted by atomic mass is 10.1. The van der Waals surface area contributed by atoms with Gasteiger partial charge in [0, 0.05) is 23.3 Å². The molecule has 0 radical (unpaired) electrons. The first-order chi connectivity index (χ1) is 14.4. The second kappa shape index (κ2) is 8.25. The Balaban J connectivity index is 1.58. The van der Waals surface area contributed by atoms with E-state index in [4.69, 9.17) is 23.2 Å². The van der Waals surface area contributed by atoms with Crippen LogP contribution in [0.15, 0.2) is 48.5 Å². The zero-order chi connectivity index (χ0) is 21.3. The molecule has 2 heterocycles. The molecule has 10 heteroatoms. The fraction of sp³-hybridized carbons (Fsp3) is 0.150. The highest BCUT2D eigenvalue weighted by Crippen LogP contribution is 2.25. The summed E-state index contributed by atoms with van der Waals surface area (Å²) in [6.07, 6.45) is 0. The number of rotatable bonds is 5. The monoisotopic (exact) mass is 441 g/mol. The highest BCUT2D eigenvalue weighted by Gasteiger charge is 2.21. The highest BCUT2D eigenvalue weighted by atomic mass is 35.5. The van der Waals surface area contributed by atoms with Gasteiger partial charge in [0.2, 0.25) is 0 Å². The number of hydrogen-bond acceptors (Lipinski definition) is 5. The predicted molar refractivity (Wildman–Crippen MR) is 115 cm³/mol. The molecule has 2 aromatic heterocycles. The van der Waals surface area contributed by atoms with Gasteiger partial charge in [-0.3, -0.25) is 4.79 Å². The van der Waals surface area contributed by atoms with E-state index in [0.717, 1.165) is 11.1 Å². The molecule has 0 fully saturated rings. The summed E-state index contributed by atoms with van der Waals surface area (Å²) in [5.41, 5.74) is 3.07. The Bertz CT molecular complexity index is 1230. The molecule has 0 spiro atoms. The molecule has 1 N–H and O–H groups in total. The van der Waals surface area contributed by atoms with E-state index in [9.17, 15) is 4.79 Å². The molecule has 1 amide bonds. The third-order valence-electron chi connectivity index (χ3n) is 4.57. The van der Waals surface area contributed by atoms with Gasteiger partial charge >= 0.3 is 0 Å². The Morgan fingerprint density at radius 2 is 1.93 bits per heavy atom. The first-order valence-electron chi connectivity index (χ1n) is 9.04. The molecule has 4 aromatic rings. The average molecular weight is 442 g/mol. The second-order valence-corrected chi connectivity index (χ2v) is 7.43. The molecule has 0 bridgehead atoms. The van der Waals surface area contributed by atoms with Crippen molar-refractivity contribution in [2.24, 2.45) is 7.05 Å². The number of anilines is 1. The van der Waals surface area contributed by atoms with Crippen LogP contribution in [0.25, 0.3) is 11.4 Å². The number of nitrogens with one attached hydrogen (secondary N) is 1. The number of halogens is 2. The van der Waals surface area contributed by atoms with Gasteiger partial charge in [0.25, 0.3) is 5.91 Å². The summed E-state index contributed by atoms with van der Waals surface area (Å²) in [4.78, 5) is 12.9. The van der Waals surface area contributed by atoms with Gasteiger partial charge in [-0.05, 0) is 41.1 Å². The van der Waals surface area contributed by atoms with Crippen LogP contribution in [0.3, 0.4) is 0 Å². The number of nitrogens with zero attached hydrogens (tertiary/aromatic N) is 6. The third-order valence-corrected chi connectivity index (χ3v) is 5.32. The third kappa shape index (κ3) is 3.92. The largest absolute Gasteiger partial charge is 0.322 e. The van der Waals surface area contributed by atoms with E-state index < -0.39 is 0 Å². The van der Waals surface area contributed by atoms with Gasteiger partial charge in [-0.2, -0.15) is 5.10 Å².